The molecule has 29 heavy (non-hydrogen) atoms. The van der Waals surface area contributed by atoms with Gasteiger partial charge in [0.05, 0.1) is 12.8 Å². The smallest absolute Gasteiger partial charge is 0.275 e. The van der Waals surface area contributed by atoms with Crippen molar-refractivity contribution >= 4 is 11.4 Å². The highest BCUT2D eigenvalue weighted by atomic mass is 16.5. The van der Waals surface area contributed by atoms with Gasteiger partial charge >= 0.3 is 0 Å². The summed E-state index contributed by atoms with van der Waals surface area (Å²) in [6.07, 6.45) is 3.51. The Kier molecular flexibility index (Phi) is 6.05. The van der Waals surface area contributed by atoms with Gasteiger partial charge in [0.2, 0.25) is 5.91 Å². The van der Waals surface area contributed by atoms with E-state index in [0.717, 1.165) is 5.56 Å². The second-order valence-electron chi connectivity index (χ2n) is 6.84. The SMILES string of the molecule is COc1cccc(-c2cn3cc(C#CCO)cc3c(=O)n2CC(=O)NC(C)C)c1. The summed E-state index contributed by atoms with van der Waals surface area (Å²) in [5, 5.41) is 11.7. The van der Waals surface area contributed by atoms with Gasteiger partial charge in [0.1, 0.15) is 24.4 Å². The number of rotatable bonds is 5. The van der Waals surface area contributed by atoms with E-state index in [2.05, 4.69) is 17.2 Å². The predicted octanol–water partition coefficient (Wildman–Crippen LogP) is 1.64. The zero-order valence-electron chi connectivity index (χ0n) is 16.6. The fourth-order valence-electron chi connectivity index (χ4n) is 3.10. The van der Waals surface area contributed by atoms with Gasteiger partial charge in [0, 0.05) is 29.6 Å². The molecular weight excluding hydrogens is 370 g/mol. The molecule has 3 rings (SSSR count). The lowest BCUT2D eigenvalue weighted by Gasteiger charge is -2.16. The standard InChI is InChI=1S/C22H23N3O4/c1-15(2)23-21(27)14-25-20(17-7-4-8-18(11-17)29-3)13-24-12-16(6-5-9-26)10-19(24)22(25)28/h4,7-8,10-13,15,26H,9,14H2,1-3H3,(H,23,27). The average Bonchev–Trinajstić information content (AvgIpc) is 3.11. The number of nitrogens with zero attached hydrogens (tertiary/aromatic N) is 2. The van der Waals surface area contributed by atoms with Gasteiger partial charge in [-0.2, -0.15) is 0 Å². The number of aliphatic hydroxyl groups excluding tert-OH is 1. The van der Waals surface area contributed by atoms with E-state index in [1.54, 1.807) is 30.0 Å². The number of ether oxygens (including phenoxy) is 1. The van der Waals surface area contributed by atoms with Crippen molar-refractivity contribution in [2.45, 2.75) is 26.4 Å². The molecule has 0 fully saturated rings. The van der Waals surface area contributed by atoms with Crippen molar-refractivity contribution in [3.05, 3.63) is 58.6 Å². The van der Waals surface area contributed by atoms with Crippen LogP contribution in [0.4, 0.5) is 0 Å². The number of nitrogens with one attached hydrogen (secondary N) is 1. The maximum atomic E-state index is 13.2. The van der Waals surface area contributed by atoms with Crippen LogP contribution in [0.15, 0.2) is 47.5 Å². The molecule has 0 bridgehead atoms. The average molecular weight is 393 g/mol. The monoisotopic (exact) mass is 393 g/mol. The zero-order chi connectivity index (χ0) is 21.0. The van der Waals surface area contributed by atoms with Crippen molar-refractivity contribution in [2.24, 2.45) is 0 Å². The first-order chi connectivity index (χ1) is 13.9. The maximum Gasteiger partial charge on any atom is 0.275 e. The quantitative estimate of drug-likeness (QED) is 0.646. The van der Waals surface area contributed by atoms with Crippen molar-refractivity contribution in [2.75, 3.05) is 13.7 Å². The topological polar surface area (TPSA) is 85.0 Å². The van der Waals surface area contributed by atoms with Crippen LogP contribution in [0.1, 0.15) is 19.4 Å². The van der Waals surface area contributed by atoms with Gasteiger partial charge in [-0.05, 0) is 32.0 Å². The highest BCUT2D eigenvalue weighted by Crippen LogP contribution is 2.24. The van der Waals surface area contributed by atoms with Crippen LogP contribution in [0, 0.1) is 11.8 Å². The molecule has 0 unspecified atom stereocenters. The minimum absolute atomic E-state index is 0.0316. The van der Waals surface area contributed by atoms with Crippen LogP contribution in [0.3, 0.4) is 0 Å². The molecule has 7 nitrogen and oxygen atoms in total. The summed E-state index contributed by atoms with van der Waals surface area (Å²) < 4.78 is 8.44. The lowest BCUT2D eigenvalue weighted by Crippen LogP contribution is -2.36. The number of amides is 1. The minimum atomic E-state index is -0.304. The van der Waals surface area contributed by atoms with Crippen LogP contribution in [0.25, 0.3) is 16.8 Å². The zero-order valence-corrected chi connectivity index (χ0v) is 16.6. The number of fused-ring (bicyclic) bond motifs is 1. The molecule has 2 N–H and O–H groups in total. The van der Waals surface area contributed by atoms with Crippen molar-refractivity contribution in [3.8, 4) is 28.8 Å². The number of carbonyl (C=O) groups excluding carboxylic acids is 1. The van der Waals surface area contributed by atoms with Crippen molar-refractivity contribution in [3.63, 3.8) is 0 Å². The predicted molar refractivity (Wildman–Crippen MR) is 111 cm³/mol. The Labute approximate surface area is 168 Å². The Morgan fingerprint density at radius 3 is 2.76 bits per heavy atom. The fourth-order valence-corrected chi connectivity index (χ4v) is 3.10. The molecule has 0 aliphatic rings. The number of hydrogen-bond donors (Lipinski definition) is 2. The molecule has 0 atom stereocenters. The fraction of sp³-hybridized carbons (Fsp3) is 0.273. The molecule has 0 saturated heterocycles. The van der Waals surface area contributed by atoms with Gasteiger partial charge in [0.25, 0.3) is 5.56 Å². The first-order valence-corrected chi connectivity index (χ1v) is 9.22. The molecule has 3 aromatic rings. The maximum absolute atomic E-state index is 13.2. The molecule has 150 valence electrons. The van der Waals surface area contributed by atoms with Gasteiger partial charge in [-0.25, -0.2) is 0 Å². The number of methoxy groups -OCH3 is 1. The summed E-state index contributed by atoms with van der Waals surface area (Å²) in [5.74, 6) is 5.78. The van der Waals surface area contributed by atoms with Gasteiger partial charge in [-0.3, -0.25) is 14.2 Å². The number of aliphatic hydroxyl groups is 1. The number of hydrogen-bond acceptors (Lipinski definition) is 4. The molecule has 2 heterocycles. The third-order valence-electron chi connectivity index (χ3n) is 4.29. The first kappa shape index (κ1) is 20.2. The number of aromatic nitrogens is 2. The molecule has 0 aliphatic heterocycles. The van der Waals surface area contributed by atoms with Crippen molar-refractivity contribution < 1.29 is 14.6 Å². The van der Waals surface area contributed by atoms with Crippen LogP contribution in [0.2, 0.25) is 0 Å². The molecule has 2 aromatic heterocycles. The van der Waals surface area contributed by atoms with E-state index in [4.69, 9.17) is 9.84 Å². The third-order valence-corrected chi connectivity index (χ3v) is 4.29. The van der Waals surface area contributed by atoms with E-state index in [-0.39, 0.29) is 30.7 Å². The lowest BCUT2D eigenvalue weighted by atomic mass is 10.1. The van der Waals surface area contributed by atoms with Gasteiger partial charge in [0.15, 0.2) is 0 Å². The summed E-state index contributed by atoms with van der Waals surface area (Å²) in [4.78, 5) is 25.6. The van der Waals surface area contributed by atoms with Crippen LogP contribution in [0.5, 0.6) is 5.75 Å². The molecular formula is C22H23N3O4. The molecule has 1 amide bonds. The van der Waals surface area contributed by atoms with Gasteiger partial charge in [-0.15, -0.1) is 0 Å². The summed E-state index contributed by atoms with van der Waals surface area (Å²) in [7, 11) is 1.57. The van der Waals surface area contributed by atoms with Crippen LogP contribution >= 0.6 is 0 Å². The second kappa shape index (κ2) is 8.67. The van der Waals surface area contributed by atoms with Crippen molar-refractivity contribution in [1.82, 2.24) is 14.3 Å². The van der Waals surface area contributed by atoms with Crippen LogP contribution < -0.4 is 15.6 Å². The number of carbonyl (C=O) groups is 1. The Morgan fingerprint density at radius 2 is 2.07 bits per heavy atom. The highest BCUT2D eigenvalue weighted by Gasteiger charge is 2.16. The third kappa shape index (κ3) is 4.50. The highest BCUT2D eigenvalue weighted by molar-refractivity contribution is 5.77. The first-order valence-electron chi connectivity index (χ1n) is 9.22. The molecule has 0 spiro atoms. The Morgan fingerprint density at radius 1 is 1.28 bits per heavy atom. The Bertz CT molecular complexity index is 1160. The van der Waals surface area contributed by atoms with Crippen molar-refractivity contribution in [1.29, 1.82) is 0 Å². The summed E-state index contributed by atoms with van der Waals surface area (Å²) in [6.45, 7) is 3.36. The van der Waals surface area contributed by atoms with Gasteiger partial charge in [-0.1, -0.05) is 24.0 Å². The normalized spacial score (nSPS) is 10.7. The summed E-state index contributed by atoms with van der Waals surface area (Å²) in [5.41, 5.74) is 2.03. The second-order valence-corrected chi connectivity index (χ2v) is 6.84. The Balaban J connectivity index is 2.21. The molecule has 1 aromatic carbocycles. The van der Waals surface area contributed by atoms with Gasteiger partial charge < -0.3 is 19.6 Å². The van der Waals surface area contributed by atoms with E-state index in [1.807, 2.05) is 38.1 Å². The molecule has 7 heteroatoms. The van der Waals surface area contributed by atoms with Crippen LogP contribution in [-0.2, 0) is 11.3 Å². The molecule has 0 saturated carbocycles. The summed E-state index contributed by atoms with van der Waals surface area (Å²) >= 11 is 0. The minimum Gasteiger partial charge on any atom is -0.497 e. The molecule has 0 radical (unpaired) electrons. The van der Waals surface area contributed by atoms with E-state index in [0.29, 0.717) is 22.5 Å². The summed E-state index contributed by atoms with van der Waals surface area (Å²) in [6, 6.07) is 8.93. The van der Waals surface area contributed by atoms with E-state index < -0.39 is 0 Å². The van der Waals surface area contributed by atoms with E-state index in [9.17, 15) is 9.59 Å². The van der Waals surface area contributed by atoms with Crippen LogP contribution in [-0.4, -0.2) is 39.7 Å². The van der Waals surface area contributed by atoms with E-state index >= 15 is 0 Å². The number of benzene rings is 1. The largest absolute Gasteiger partial charge is 0.497 e. The molecule has 0 aliphatic carbocycles. The Hall–Kier alpha value is -3.50. The lowest BCUT2D eigenvalue weighted by molar-refractivity contribution is -0.122. The van der Waals surface area contributed by atoms with E-state index in [1.165, 1.54) is 4.57 Å².